The summed E-state index contributed by atoms with van der Waals surface area (Å²) in [5, 5.41) is 0. The van der Waals surface area contributed by atoms with E-state index in [-0.39, 0.29) is 17.2 Å². The second kappa shape index (κ2) is 9.64. The number of amides is 2. The summed E-state index contributed by atoms with van der Waals surface area (Å²) in [5.74, 6) is -0.555. The molecule has 0 radical (unpaired) electrons. The topological polar surface area (TPSA) is 53.5 Å². The average molecular weight is 454 g/mol. The van der Waals surface area contributed by atoms with Crippen molar-refractivity contribution in [3.05, 3.63) is 102 Å². The molecule has 2 heterocycles. The second-order valence-corrected chi connectivity index (χ2v) is 9.52. The van der Waals surface area contributed by atoms with Crippen molar-refractivity contribution in [1.82, 2.24) is 9.88 Å². The van der Waals surface area contributed by atoms with Crippen LogP contribution >= 0.6 is 0 Å². The van der Waals surface area contributed by atoms with Gasteiger partial charge in [0, 0.05) is 25.5 Å². The summed E-state index contributed by atoms with van der Waals surface area (Å²) in [4.78, 5) is 34.9. The van der Waals surface area contributed by atoms with Gasteiger partial charge in [-0.25, -0.2) is 4.90 Å². The number of aromatic nitrogens is 1. The first-order valence-corrected chi connectivity index (χ1v) is 11.7. The van der Waals surface area contributed by atoms with Crippen molar-refractivity contribution < 1.29 is 9.59 Å². The maximum Gasteiger partial charge on any atom is 0.282 e. The normalized spacial score (nSPS) is 14.2. The number of hydrogen-bond acceptors (Lipinski definition) is 4. The van der Waals surface area contributed by atoms with Crippen molar-refractivity contribution in [2.75, 3.05) is 18.0 Å². The van der Waals surface area contributed by atoms with E-state index in [4.69, 9.17) is 0 Å². The molecule has 0 saturated heterocycles. The van der Waals surface area contributed by atoms with Gasteiger partial charge in [-0.1, -0.05) is 63.2 Å². The van der Waals surface area contributed by atoms with E-state index >= 15 is 0 Å². The molecule has 174 valence electrons. The number of pyridine rings is 1. The first-order valence-electron chi connectivity index (χ1n) is 11.7. The summed E-state index contributed by atoms with van der Waals surface area (Å²) in [6, 6.07) is 21.2. The van der Waals surface area contributed by atoms with Crippen molar-refractivity contribution in [1.29, 1.82) is 0 Å². The summed E-state index contributed by atoms with van der Waals surface area (Å²) in [6.45, 7) is 9.69. The second-order valence-electron chi connectivity index (χ2n) is 9.52. The summed E-state index contributed by atoms with van der Waals surface area (Å²) in [5.41, 5.74) is 4.56. The first-order chi connectivity index (χ1) is 16.3. The van der Waals surface area contributed by atoms with Crippen molar-refractivity contribution in [2.24, 2.45) is 0 Å². The van der Waals surface area contributed by atoms with Crippen LogP contribution in [0.2, 0.25) is 0 Å². The van der Waals surface area contributed by atoms with E-state index in [1.165, 1.54) is 4.90 Å². The Morgan fingerprint density at radius 3 is 2.09 bits per heavy atom. The first kappa shape index (κ1) is 23.4. The number of nitrogens with zero attached hydrogens (tertiary/aromatic N) is 3. The Morgan fingerprint density at radius 1 is 0.853 bits per heavy atom. The molecule has 0 spiro atoms. The van der Waals surface area contributed by atoms with Gasteiger partial charge in [-0.15, -0.1) is 0 Å². The minimum Gasteiger partial charge on any atom is -0.366 e. The van der Waals surface area contributed by atoms with E-state index in [0.29, 0.717) is 30.0 Å². The zero-order valence-corrected chi connectivity index (χ0v) is 20.3. The maximum atomic E-state index is 13.8. The van der Waals surface area contributed by atoms with Crippen molar-refractivity contribution in [2.45, 2.75) is 39.5 Å². The van der Waals surface area contributed by atoms with E-state index in [2.05, 4.69) is 25.8 Å². The molecule has 0 unspecified atom stereocenters. The fraction of sp³-hybridized carbons (Fsp3) is 0.276. The molecular weight excluding hydrogens is 422 g/mol. The Hall–Kier alpha value is -3.73. The van der Waals surface area contributed by atoms with Gasteiger partial charge in [0.2, 0.25) is 0 Å². The van der Waals surface area contributed by atoms with Gasteiger partial charge in [0.1, 0.15) is 5.70 Å². The minimum atomic E-state index is -0.280. The van der Waals surface area contributed by atoms with Gasteiger partial charge >= 0.3 is 0 Å². The molecule has 0 atom stereocenters. The molecule has 5 heteroatoms. The van der Waals surface area contributed by atoms with Gasteiger partial charge in [-0.05, 0) is 59.7 Å². The predicted molar refractivity (Wildman–Crippen MR) is 136 cm³/mol. The zero-order chi connectivity index (χ0) is 24.3. The quantitative estimate of drug-likeness (QED) is 0.460. The van der Waals surface area contributed by atoms with Gasteiger partial charge < -0.3 is 4.90 Å². The predicted octanol–water partition coefficient (Wildman–Crippen LogP) is 5.23. The van der Waals surface area contributed by atoms with E-state index in [1.54, 1.807) is 12.4 Å². The Balaban J connectivity index is 1.72. The number of carbonyl (C=O) groups is 2. The third-order valence-electron chi connectivity index (χ3n) is 6.23. The SMILES string of the molecule is CCN(CCc1ccncc1)C1=C(c2ccccc2)C(=O)N(c2ccc(C(C)(C)C)cc2)C1=O. The summed E-state index contributed by atoms with van der Waals surface area (Å²) < 4.78 is 0. The number of likely N-dealkylation sites (N-methyl/N-ethyl adjacent to an activating group) is 1. The molecule has 0 saturated carbocycles. The van der Waals surface area contributed by atoms with E-state index < -0.39 is 0 Å². The van der Waals surface area contributed by atoms with Crippen molar-refractivity contribution in [3.8, 4) is 0 Å². The summed E-state index contributed by atoms with van der Waals surface area (Å²) in [7, 11) is 0. The molecule has 0 fully saturated rings. The summed E-state index contributed by atoms with van der Waals surface area (Å²) in [6.07, 6.45) is 4.30. The highest BCUT2D eigenvalue weighted by molar-refractivity contribution is 6.45. The third-order valence-corrected chi connectivity index (χ3v) is 6.23. The number of hydrogen-bond donors (Lipinski definition) is 0. The van der Waals surface area contributed by atoms with Crippen LogP contribution in [0.1, 0.15) is 44.4 Å². The fourth-order valence-corrected chi connectivity index (χ4v) is 4.26. The Bertz CT molecular complexity index is 1190. The Morgan fingerprint density at radius 2 is 1.50 bits per heavy atom. The molecule has 4 rings (SSSR count). The van der Waals surface area contributed by atoms with Crippen LogP contribution in [-0.2, 0) is 21.4 Å². The molecule has 1 aromatic heterocycles. The molecule has 3 aromatic rings. The average Bonchev–Trinajstić information content (AvgIpc) is 3.10. The number of carbonyl (C=O) groups excluding carboxylic acids is 2. The molecule has 1 aliphatic heterocycles. The minimum absolute atomic E-state index is 0.0118. The van der Waals surface area contributed by atoms with Crippen LogP contribution < -0.4 is 4.90 Å². The number of rotatable bonds is 7. The molecule has 5 nitrogen and oxygen atoms in total. The van der Waals surface area contributed by atoms with E-state index in [1.807, 2.05) is 78.6 Å². The molecule has 34 heavy (non-hydrogen) atoms. The lowest BCUT2D eigenvalue weighted by Gasteiger charge is -2.25. The van der Waals surface area contributed by atoms with Gasteiger partial charge in [0.25, 0.3) is 11.8 Å². The molecule has 0 N–H and O–H groups in total. The molecule has 2 aromatic carbocycles. The number of imide groups is 1. The lowest BCUT2D eigenvalue weighted by atomic mass is 9.87. The number of benzene rings is 2. The van der Waals surface area contributed by atoms with Crippen LogP contribution in [0, 0.1) is 0 Å². The monoisotopic (exact) mass is 453 g/mol. The lowest BCUT2D eigenvalue weighted by Crippen LogP contribution is -2.36. The number of anilines is 1. The molecule has 2 amide bonds. The standard InChI is InChI=1S/C29H31N3O2/c1-5-31(20-17-21-15-18-30-19-16-21)26-25(22-9-7-6-8-10-22)27(33)32(28(26)34)24-13-11-23(12-14-24)29(2,3)4/h6-16,18-19H,5,17,20H2,1-4H3. The van der Waals surface area contributed by atoms with Crippen LogP contribution in [0.5, 0.6) is 0 Å². The van der Waals surface area contributed by atoms with Gasteiger partial charge in [0.05, 0.1) is 11.3 Å². The zero-order valence-electron chi connectivity index (χ0n) is 20.3. The van der Waals surface area contributed by atoms with Crippen molar-refractivity contribution >= 4 is 23.1 Å². The van der Waals surface area contributed by atoms with Crippen LogP contribution in [0.15, 0.2) is 84.8 Å². The Labute approximate surface area is 201 Å². The van der Waals surface area contributed by atoms with Gasteiger partial charge in [-0.2, -0.15) is 0 Å². The molecule has 0 aliphatic carbocycles. The highest BCUT2D eigenvalue weighted by atomic mass is 16.2. The smallest absolute Gasteiger partial charge is 0.282 e. The van der Waals surface area contributed by atoms with Crippen LogP contribution in [0.4, 0.5) is 5.69 Å². The largest absolute Gasteiger partial charge is 0.366 e. The molecule has 0 bridgehead atoms. The fourth-order valence-electron chi connectivity index (χ4n) is 4.26. The van der Waals surface area contributed by atoms with Crippen LogP contribution in [0.25, 0.3) is 5.57 Å². The van der Waals surface area contributed by atoms with Crippen LogP contribution in [-0.4, -0.2) is 34.8 Å². The third kappa shape index (κ3) is 4.65. The van der Waals surface area contributed by atoms with Crippen molar-refractivity contribution in [3.63, 3.8) is 0 Å². The Kier molecular flexibility index (Phi) is 6.64. The maximum absolute atomic E-state index is 13.8. The molecular formula is C29H31N3O2. The van der Waals surface area contributed by atoms with Gasteiger partial charge in [0.15, 0.2) is 0 Å². The molecule has 1 aliphatic rings. The highest BCUT2D eigenvalue weighted by Crippen LogP contribution is 2.35. The van der Waals surface area contributed by atoms with E-state index in [0.717, 1.165) is 23.1 Å². The van der Waals surface area contributed by atoms with Gasteiger partial charge in [-0.3, -0.25) is 14.6 Å². The summed E-state index contributed by atoms with van der Waals surface area (Å²) >= 11 is 0. The van der Waals surface area contributed by atoms with E-state index in [9.17, 15) is 9.59 Å². The van der Waals surface area contributed by atoms with Crippen LogP contribution in [0.3, 0.4) is 0 Å². The lowest BCUT2D eigenvalue weighted by molar-refractivity contribution is -0.120. The highest BCUT2D eigenvalue weighted by Gasteiger charge is 2.42.